The summed E-state index contributed by atoms with van der Waals surface area (Å²) in [6.07, 6.45) is 10.5. The number of aliphatic hydroxyl groups is 3. The topological polar surface area (TPSA) is 101 Å². The van der Waals surface area contributed by atoms with Crippen LogP contribution in [0.4, 0.5) is 0 Å². The van der Waals surface area contributed by atoms with Crippen LogP contribution in [-0.2, 0) is 4.79 Å². The quantitative estimate of drug-likeness (QED) is 0.441. The Morgan fingerprint density at radius 1 is 1.15 bits per heavy atom. The van der Waals surface area contributed by atoms with Gasteiger partial charge in [0, 0.05) is 12.0 Å². The van der Waals surface area contributed by atoms with Crippen LogP contribution in [0.1, 0.15) is 71.1 Å². The van der Waals surface area contributed by atoms with E-state index in [1.165, 1.54) is 0 Å². The number of unbranched alkanes of at least 4 members (excludes halogenated alkanes) is 3. The van der Waals surface area contributed by atoms with Gasteiger partial charge in [0.05, 0.1) is 30.8 Å². The summed E-state index contributed by atoms with van der Waals surface area (Å²) in [7, 11) is 0. The molecule has 0 spiro atoms. The van der Waals surface area contributed by atoms with Crippen molar-refractivity contribution in [3.63, 3.8) is 0 Å². The number of carbonyl (C=O) groups is 1. The third-order valence-corrected chi connectivity index (χ3v) is 5.99. The Hall–Kier alpha value is -1.11. The Kier molecular flexibility index (Phi) is 8.38. The number of fused-ring (bicyclic) bond motifs is 1. The SMILES string of the molecule is C[C@H]1[C@H](O)CC[C@H]2C[C@H]([C@H](O)CCCCCC[C@@H](O)CC(=O)O)C=CN21. The van der Waals surface area contributed by atoms with Crippen LogP contribution in [0, 0.1) is 5.92 Å². The number of piperidine rings is 1. The zero-order chi connectivity index (χ0) is 19.1. The van der Waals surface area contributed by atoms with Gasteiger partial charge in [-0.3, -0.25) is 4.79 Å². The minimum absolute atomic E-state index is 0.152. The Morgan fingerprint density at radius 2 is 1.85 bits per heavy atom. The molecule has 1 fully saturated rings. The summed E-state index contributed by atoms with van der Waals surface area (Å²) in [6.45, 7) is 2.06. The minimum atomic E-state index is -0.957. The average Bonchev–Trinajstić information content (AvgIpc) is 2.60. The smallest absolute Gasteiger partial charge is 0.305 e. The first-order chi connectivity index (χ1) is 12.4. The normalized spacial score (nSPS) is 30.7. The molecule has 0 radical (unpaired) electrons. The van der Waals surface area contributed by atoms with E-state index in [0.717, 1.165) is 51.4 Å². The zero-order valence-electron chi connectivity index (χ0n) is 15.8. The maximum Gasteiger partial charge on any atom is 0.305 e. The number of nitrogens with zero attached hydrogens (tertiary/aromatic N) is 1. The van der Waals surface area contributed by atoms with Gasteiger partial charge in [-0.15, -0.1) is 0 Å². The van der Waals surface area contributed by atoms with E-state index >= 15 is 0 Å². The molecule has 0 aliphatic carbocycles. The van der Waals surface area contributed by atoms with E-state index in [4.69, 9.17) is 5.11 Å². The molecule has 2 heterocycles. The van der Waals surface area contributed by atoms with Crippen molar-refractivity contribution in [2.45, 2.75) is 102 Å². The molecule has 4 N–H and O–H groups in total. The molecule has 6 atom stereocenters. The zero-order valence-corrected chi connectivity index (χ0v) is 15.8. The third kappa shape index (κ3) is 6.25. The molecule has 0 unspecified atom stereocenters. The highest BCUT2D eigenvalue weighted by Crippen LogP contribution is 2.33. The molecule has 0 amide bonds. The Labute approximate surface area is 156 Å². The van der Waals surface area contributed by atoms with Crippen molar-refractivity contribution in [2.75, 3.05) is 0 Å². The number of hydrogen-bond acceptors (Lipinski definition) is 5. The van der Waals surface area contributed by atoms with Gasteiger partial charge in [-0.05, 0) is 45.2 Å². The number of aliphatic hydroxyl groups excluding tert-OH is 3. The molecule has 150 valence electrons. The number of hydrogen-bond donors (Lipinski definition) is 4. The molecular formula is C20H35NO5. The summed E-state index contributed by atoms with van der Waals surface area (Å²) in [6, 6.07) is 0.577. The molecular weight excluding hydrogens is 334 g/mol. The predicted octanol–water partition coefficient (Wildman–Crippen LogP) is 2.27. The Bertz CT molecular complexity index is 469. The van der Waals surface area contributed by atoms with E-state index in [1.807, 2.05) is 0 Å². The van der Waals surface area contributed by atoms with Crippen LogP contribution in [0.2, 0.25) is 0 Å². The van der Waals surface area contributed by atoms with E-state index in [9.17, 15) is 20.1 Å². The lowest BCUT2D eigenvalue weighted by Gasteiger charge is -2.46. The van der Waals surface area contributed by atoms with Crippen molar-refractivity contribution >= 4 is 5.97 Å². The first-order valence-corrected chi connectivity index (χ1v) is 10.1. The van der Waals surface area contributed by atoms with Gasteiger partial charge in [-0.2, -0.15) is 0 Å². The van der Waals surface area contributed by atoms with Crippen LogP contribution in [0.15, 0.2) is 12.3 Å². The molecule has 26 heavy (non-hydrogen) atoms. The highest BCUT2D eigenvalue weighted by molar-refractivity contribution is 5.67. The van der Waals surface area contributed by atoms with E-state index < -0.39 is 12.1 Å². The summed E-state index contributed by atoms with van der Waals surface area (Å²) in [5.74, 6) is -0.766. The number of carboxylic acid groups (broad SMARTS) is 1. The fourth-order valence-electron chi connectivity index (χ4n) is 4.27. The predicted molar refractivity (Wildman–Crippen MR) is 99.5 cm³/mol. The summed E-state index contributed by atoms with van der Waals surface area (Å²) < 4.78 is 0. The summed E-state index contributed by atoms with van der Waals surface area (Å²) in [4.78, 5) is 12.7. The molecule has 1 saturated heterocycles. The lowest BCUT2D eigenvalue weighted by Crippen LogP contribution is -2.51. The van der Waals surface area contributed by atoms with Crippen molar-refractivity contribution < 1.29 is 25.2 Å². The standard InChI is InChI=1S/C20H35NO5/c1-14-18(23)9-8-16-12-15(10-11-21(14)16)19(24)7-5-3-2-4-6-17(22)13-20(25)26/h10-11,14-19,22-24H,2-9,12-13H2,1H3,(H,25,26)/t14-,15+,16-,17+,18+,19+/m0/s1. The van der Waals surface area contributed by atoms with Crippen molar-refractivity contribution in [3.8, 4) is 0 Å². The molecule has 2 aliphatic rings. The third-order valence-electron chi connectivity index (χ3n) is 5.99. The van der Waals surface area contributed by atoms with Gasteiger partial charge in [0.15, 0.2) is 0 Å². The average molecular weight is 370 g/mol. The summed E-state index contributed by atoms with van der Waals surface area (Å²) in [5.41, 5.74) is 0. The number of aliphatic carboxylic acids is 1. The molecule has 2 rings (SSSR count). The van der Waals surface area contributed by atoms with Crippen LogP contribution in [0.3, 0.4) is 0 Å². The second kappa shape index (κ2) is 10.3. The molecule has 0 bridgehead atoms. The van der Waals surface area contributed by atoms with E-state index in [-0.39, 0.29) is 30.6 Å². The number of carboxylic acids is 1. The second-order valence-corrected chi connectivity index (χ2v) is 8.04. The molecule has 6 nitrogen and oxygen atoms in total. The van der Waals surface area contributed by atoms with Gasteiger partial charge >= 0.3 is 5.97 Å². The second-order valence-electron chi connectivity index (χ2n) is 8.04. The van der Waals surface area contributed by atoms with E-state index in [2.05, 4.69) is 24.1 Å². The molecule has 0 saturated carbocycles. The number of rotatable bonds is 10. The maximum absolute atomic E-state index is 10.5. The van der Waals surface area contributed by atoms with Crippen LogP contribution in [0.5, 0.6) is 0 Å². The molecule has 0 aromatic rings. The van der Waals surface area contributed by atoms with E-state index in [0.29, 0.717) is 12.5 Å². The van der Waals surface area contributed by atoms with Crippen molar-refractivity contribution in [1.82, 2.24) is 4.90 Å². The Balaban J connectivity index is 1.62. The summed E-state index contributed by atoms with van der Waals surface area (Å²) in [5, 5.41) is 38.6. The van der Waals surface area contributed by atoms with Crippen LogP contribution >= 0.6 is 0 Å². The monoisotopic (exact) mass is 369 g/mol. The summed E-state index contributed by atoms with van der Waals surface area (Å²) >= 11 is 0. The Morgan fingerprint density at radius 3 is 2.54 bits per heavy atom. The lowest BCUT2D eigenvalue weighted by atomic mass is 9.82. The lowest BCUT2D eigenvalue weighted by molar-refractivity contribution is -0.139. The van der Waals surface area contributed by atoms with Crippen molar-refractivity contribution in [1.29, 1.82) is 0 Å². The first-order valence-electron chi connectivity index (χ1n) is 10.1. The highest BCUT2D eigenvalue weighted by atomic mass is 16.4. The fraction of sp³-hybridized carbons (Fsp3) is 0.850. The highest BCUT2D eigenvalue weighted by Gasteiger charge is 2.36. The van der Waals surface area contributed by atoms with Crippen LogP contribution < -0.4 is 0 Å². The van der Waals surface area contributed by atoms with Gasteiger partial charge < -0.3 is 25.3 Å². The fourth-order valence-corrected chi connectivity index (χ4v) is 4.27. The first kappa shape index (κ1) is 21.2. The molecule has 0 aromatic carbocycles. The van der Waals surface area contributed by atoms with E-state index in [1.54, 1.807) is 0 Å². The van der Waals surface area contributed by atoms with Crippen LogP contribution in [0.25, 0.3) is 0 Å². The van der Waals surface area contributed by atoms with Gasteiger partial charge in [0.25, 0.3) is 0 Å². The minimum Gasteiger partial charge on any atom is -0.481 e. The van der Waals surface area contributed by atoms with Gasteiger partial charge in [0.2, 0.25) is 0 Å². The molecule has 6 heteroatoms. The van der Waals surface area contributed by atoms with Crippen molar-refractivity contribution in [3.05, 3.63) is 12.3 Å². The van der Waals surface area contributed by atoms with Gasteiger partial charge in [0.1, 0.15) is 0 Å². The van der Waals surface area contributed by atoms with Gasteiger partial charge in [-0.25, -0.2) is 0 Å². The van der Waals surface area contributed by atoms with Crippen LogP contribution in [-0.4, -0.2) is 61.7 Å². The molecule has 2 aliphatic heterocycles. The van der Waals surface area contributed by atoms with Gasteiger partial charge in [-0.1, -0.05) is 31.8 Å². The maximum atomic E-state index is 10.5. The molecule has 0 aromatic heterocycles. The van der Waals surface area contributed by atoms with Crippen molar-refractivity contribution in [2.24, 2.45) is 5.92 Å². The largest absolute Gasteiger partial charge is 0.481 e.